The van der Waals surface area contributed by atoms with Crippen LogP contribution in [0.1, 0.15) is 0 Å². The molecule has 1 atom stereocenters. The molecule has 0 unspecified atom stereocenters. The summed E-state index contributed by atoms with van der Waals surface area (Å²) in [5.74, 6) is -2.16. The number of carboxylic acid groups (broad SMARTS) is 1. The summed E-state index contributed by atoms with van der Waals surface area (Å²) in [6, 6.07) is 1.18. The van der Waals surface area contributed by atoms with E-state index in [1.165, 1.54) is 0 Å². The average molecular weight is 342 g/mol. The van der Waals surface area contributed by atoms with Crippen molar-refractivity contribution in [1.82, 2.24) is 4.72 Å². The van der Waals surface area contributed by atoms with Crippen molar-refractivity contribution in [2.75, 3.05) is 6.61 Å². The molecular weight excluding hydrogens is 333 g/mol. The fraction of sp³-hybridized carbons (Fsp3) is 0.222. The van der Waals surface area contributed by atoms with Gasteiger partial charge < -0.3 is 10.2 Å². The topological polar surface area (TPSA) is 104 Å². The third-order valence-electron chi connectivity index (χ3n) is 1.96. The molecule has 0 spiro atoms. The Balaban J connectivity index is 3.10. The molecule has 6 nitrogen and oxygen atoms in total. The lowest BCUT2D eigenvalue weighted by atomic mass is 10.3. The summed E-state index contributed by atoms with van der Waals surface area (Å²) in [5, 5.41) is 17.4. The summed E-state index contributed by atoms with van der Waals surface area (Å²) in [6.45, 7) is -0.895. The van der Waals surface area contributed by atoms with Crippen molar-refractivity contribution in [1.29, 1.82) is 0 Å². The molecule has 0 aliphatic carbocycles. The lowest BCUT2D eigenvalue weighted by Gasteiger charge is -2.13. The van der Waals surface area contributed by atoms with E-state index in [0.29, 0.717) is 0 Å². The highest BCUT2D eigenvalue weighted by Crippen LogP contribution is 2.22. The number of rotatable bonds is 5. The zero-order valence-electron chi connectivity index (χ0n) is 8.80. The maximum Gasteiger partial charge on any atom is 0.324 e. The first-order valence-electron chi connectivity index (χ1n) is 4.59. The van der Waals surface area contributed by atoms with E-state index in [2.05, 4.69) is 15.9 Å². The molecule has 1 aromatic carbocycles. The van der Waals surface area contributed by atoms with Crippen molar-refractivity contribution >= 4 is 31.9 Å². The van der Waals surface area contributed by atoms with Crippen molar-refractivity contribution < 1.29 is 27.8 Å². The molecule has 0 heterocycles. The van der Waals surface area contributed by atoms with Crippen molar-refractivity contribution in [3.63, 3.8) is 0 Å². The van der Waals surface area contributed by atoms with Crippen LogP contribution in [0.15, 0.2) is 27.6 Å². The Labute approximate surface area is 111 Å². The van der Waals surface area contributed by atoms with E-state index in [4.69, 9.17) is 10.2 Å². The Morgan fingerprint density at radius 3 is 2.56 bits per heavy atom. The highest BCUT2D eigenvalue weighted by atomic mass is 79.9. The van der Waals surface area contributed by atoms with Gasteiger partial charge in [-0.25, -0.2) is 12.8 Å². The van der Waals surface area contributed by atoms with Gasteiger partial charge in [-0.3, -0.25) is 4.79 Å². The third-order valence-corrected chi connectivity index (χ3v) is 4.41. The molecule has 0 aromatic heterocycles. The highest BCUT2D eigenvalue weighted by Gasteiger charge is 2.26. The molecule has 0 aliphatic heterocycles. The Morgan fingerprint density at radius 1 is 1.50 bits per heavy atom. The van der Waals surface area contributed by atoms with Gasteiger partial charge in [0.2, 0.25) is 10.0 Å². The Hall–Kier alpha value is -1.03. The summed E-state index contributed by atoms with van der Waals surface area (Å²) >= 11 is 2.86. The summed E-state index contributed by atoms with van der Waals surface area (Å²) < 4.78 is 38.2. The number of aliphatic hydroxyl groups excluding tert-OH is 1. The number of carboxylic acids is 1. The van der Waals surface area contributed by atoms with Crippen molar-refractivity contribution in [3.05, 3.63) is 28.5 Å². The zero-order chi connectivity index (χ0) is 13.9. The fourth-order valence-electron chi connectivity index (χ4n) is 1.11. The van der Waals surface area contributed by atoms with Crippen LogP contribution < -0.4 is 4.72 Å². The predicted molar refractivity (Wildman–Crippen MR) is 62.9 cm³/mol. The summed E-state index contributed by atoms with van der Waals surface area (Å²) in [5.41, 5.74) is 0. The third kappa shape index (κ3) is 3.48. The second-order valence-corrected chi connectivity index (χ2v) is 5.81. The molecule has 9 heteroatoms. The summed E-state index contributed by atoms with van der Waals surface area (Å²) in [7, 11) is -4.17. The Kier molecular flexibility index (Phi) is 4.79. The van der Waals surface area contributed by atoms with Crippen molar-refractivity contribution in [2.45, 2.75) is 10.9 Å². The van der Waals surface area contributed by atoms with E-state index in [0.717, 1.165) is 18.2 Å². The van der Waals surface area contributed by atoms with Gasteiger partial charge >= 0.3 is 5.97 Å². The molecule has 1 aromatic rings. The molecule has 0 saturated heterocycles. The van der Waals surface area contributed by atoms with Gasteiger partial charge in [-0.1, -0.05) is 0 Å². The maximum absolute atomic E-state index is 12.8. The molecule has 100 valence electrons. The second-order valence-electron chi connectivity index (χ2n) is 3.27. The molecule has 1 rings (SSSR count). The molecule has 0 aliphatic rings. The number of hydrogen-bond acceptors (Lipinski definition) is 4. The van der Waals surface area contributed by atoms with Gasteiger partial charge in [0.05, 0.1) is 11.5 Å². The summed E-state index contributed by atoms with van der Waals surface area (Å²) in [4.78, 5) is 10.3. The van der Waals surface area contributed by atoms with Crippen LogP contribution >= 0.6 is 15.9 Å². The number of aliphatic carboxylic acids is 1. The van der Waals surface area contributed by atoms with E-state index in [9.17, 15) is 17.6 Å². The zero-order valence-corrected chi connectivity index (χ0v) is 11.2. The van der Waals surface area contributed by atoms with Crippen LogP contribution in [0, 0.1) is 5.82 Å². The van der Waals surface area contributed by atoms with Crippen molar-refractivity contribution in [2.24, 2.45) is 0 Å². The molecule has 0 radical (unpaired) electrons. The van der Waals surface area contributed by atoms with Crippen LogP contribution in [-0.4, -0.2) is 37.2 Å². The Morgan fingerprint density at radius 2 is 2.11 bits per heavy atom. The van der Waals surface area contributed by atoms with E-state index < -0.39 is 34.5 Å². The van der Waals surface area contributed by atoms with Gasteiger partial charge in [0, 0.05) is 4.47 Å². The SMILES string of the molecule is O=C(O)[C@H](CO)NS(=O)(=O)c1ccc(F)cc1Br. The number of halogens is 2. The summed E-state index contributed by atoms with van der Waals surface area (Å²) in [6.07, 6.45) is 0. The molecule has 0 saturated carbocycles. The molecule has 3 N–H and O–H groups in total. The number of hydrogen-bond donors (Lipinski definition) is 3. The van der Waals surface area contributed by atoms with E-state index >= 15 is 0 Å². The number of benzene rings is 1. The van der Waals surface area contributed by atoms with Crippen LogP contribution in [0.5, 0.6) is 0 Å². The van der Waals surface area contributed by atoms with E-state index in [1.807, 2.05) is 0 Å². The number of nitrogens with one attached hydrogen (secondary N) is 1. The minimum atomic E-state index is -4.17. The van der Waals surface area contributed by atoms with Gasteiger partial charge in [-0.15, -0.1) is 0 Å². The first-order valence-corrected chi connectivity index (χ1v) is 6.86. The molecule has 0 bridgehead atoms. The van der Waals surface area contributed by atoms with Crippen LogP contribution in [-0.2, 0) is 14.8 Å². The van der Waals surface area contributed by atoms with Crippen LogP contribution in [0.4, 0.5) is 4.39 Å². The highest BCUT2D eigenvalue weighted by molar-refractivity contribution is 9.10. The fourth-order valence-corrected chi connectivity index (χ4v) is 3.34. The van der Waals surface area contributed by atoms with E-state index in [-0.39, 0.29) is 9.37 Å². The molecule has 0 fully saturated rings. The Bertz CT molecular complexity index is 562. The minimum Gasteiger partial charge on any atom is -0.480 e. The predicted octanol–water partition coefficient (Wildman–Crippen LogP) is 0.312. The number of carbonyl (C=O) groups is 1. The smallest absolute Gasteiger partial charge is 0.324 e. The van der Waals surface area contributed by atoms with E-state index in [1.54, 1.807) is 4.72 Å². The monoisotopic (exact) mass is 341 g/mol. The van der Waals surface area contributed by atoms with Crippen LogP contribution in [0.25, 0.3) is 0 Å². The minimum absolute atomic E-state index is 0.0444. The number of aliphatic hydroxyl groups is 1. The van der Waals surface area contributed by atoms with Crippen LogP contribution in [0.3, 0.4) is 0 Å². The lowest BCUT2D eigenvalue weighted by molar-refractivity contribution is -0.139. The molecule has 18 heavy (non-hydrogen) atoms. The normalized spacial score (nSPS) is 13.3. The van der Waals surface area contributed by atoms with Gasteiger partial charge in [0.15, 0.2) is 0 Å². The number of sulfonamides is 1. The quantitative estimate of drug-likeness (QED) is 0.715. The van der Waals surface area contributed by atoms with Crippen LogP contribution in [0.2, 0.25) is 0 Å². The van der Waals surface area contributed by atoms with Gasteiger partial charge in [0.25, 0.3) is 0 Å². The largest absolute Gasteiger partial charge is 0.480 e. The standard InChI is InChI=1S/C9H9BrFNO5S/c10-6-3-5(11)1-2-8(6)18(16,17)12-7(4-13)9(14)15/h1-3,7,12-13H,4H2,(H,14,15)/t7-/m0/s1. The van der Waals surface area contributed by atoms with Gasteiger partial charge in [-0.2, -0.15) is 4.72 Å². The molecular formula is C9H9BrFNO5S. The maximum atomic E-state index is 12.8. The average Bonchev–Trinajstić information content (AvgIpc) is 2.24. The first-order chi connectivity index (χ1) is 8.27. The second kappa shape index (κ2) is 5.74. The van der Waals surface area contributed by atoms with Gasteiger partial charge in [0.1, 0.15) is 11.9 Å². The first kappa shape index (κ1) is 15.0. The van der Waals surface area contributed by atoms with Crippen molar-refractivity contribution in [3.8, 4) is 0 Å². The lowest BCUT2D eigenvalue weighted by Crippen LogP contribution is -2.43. The van der Waals surface area contributed by atoms with Gasteiger partial charge in [-0.05, 0) is 34.1 Å². The molecule has 0 amide bonds.